The van der Waals surface area contributed by atoms with E-state index in [0.717, 1.165) is 43.6 Å². The number of piperidine rings is 1. The number of anilines is 1. The van der Waals surface area contributed by atoms with Gasteiger partial charge in [-0.25, -0.2) is 0 Å². The molecule has 0 atom stereocenters. The quantitative estimate of drug-likeness (QED) is 0.895. The number of rotatable bonds is 4. The highest BCUT2D eigenvalue weighted by Gasteiger charge is 2.28. The second-order valence-corrected chi connectivity index (χ2v) is 6.28. The smallest absolute Gasteiger partial charge is 0.238 e. The molecule has 1 aliphatic rings. The van der Waals surface area contributed by atoms with Crippen LogP contribution in [0.4, 0.5) is 5.69 Å². The topological polar surface area (TPSA) is 52.6 Å². The Balaban J connectivity index is 1.94. The molecule has 0 aromatic heterocycles. The summed E-state index contributed by atoms with van der Waals surface area (Å²) >= 11 is 0. The first kappa shape index (κ1) is 16.0. The predicted molar refractivity (Wildman–Crippen MR) is 85.5 cm³/mol. The molecule has 1 aromatic rings. The highest BCUT2D eigenvalue weighted by Crippen LogP contribution is 2.22. The molecule has 0 aliphatic carbocycles. The van der Waals surface area contributed by atoms with Crippen LogP contribution in [0.3, 0.4) is 0 Å². The fourth-order valence-electron chi connectivity index (χ4n) is 2.78. The SMILES string of the molecule is CCc1cccc(C)c1NC(=O)CN1CCC(C)(O)CC1. The van der Waals surface area contributed by atoms with Crippen molar-refractivity contribution in [2.24, 2.45) is 0 Å². The summed E-state index contributed by atoms with van der Waals surface area (Å²) in [5.74, 6) is 0.0283. The van der Waals surface area contributed by atoms with Crippen molar-refractivity contribution >= 4 is 11.6 Å². The van der Waals surface area contributed by atoms with Crippen molar-refractivity contribution < 1.29 is 9.90 Å². The molecule has 21 heavy (non-hydrogen) atoms. The minimum atomic E-state index is -0.571. The van der Waals surface area contributed by atoms with Crippen LogP contribution in [-0.4, -0.2) is 41.1 Å². The molecule has 4 nitrogen and oxygen atoms in total. The summed E-state index contributed by atoms with van der Waals surface area (Å²) < 4.78 is 0. The fourth-order valence-corrected chi connectivity index (χ4v) is 2.78. The van der Waals surface area contributed by atoms with Crippen molar-refractivity contribution in [2.45, 2.75) is 45.6 Å². The number of amides is 1. The number of carbonyl (C=O) groups excluding carboxylic acids is 1. The van der Waals surface area contributed by atoms with Crippen LogP contribution in [0.5, 0.6) is 0 Å². The van der Waals surface area contributed by atoms with Crippen LogP contribution in [0.15, 0.2) is 18.2 Å². The van der Waals surface area contributed by atoms with E-state index in [0.29, 0.717) is 6.54 Å². The van der Waals surface area contributed by atoms with E-state index in [9.17, 15) is 9.90 Å². The molecule has 0 radical (unpaired) electrons. The molecule has 1 amide bonds. The molecule has 116 valence electrons. The van der Waals surface area contributed by atoms with Gasteiger partial charge in [-0.05, 0) is 44.2 Å². The van der Waals surface area contributed by atoms with E-state index in [1.165, 1.54) is 5.56 Å². The molecule has 2 N–H and O–H groups in total. The number of aliphatic hydroxyl groups is 1. The highest BCUT2D eigenvalue weighted by molar-refractivity contribution is 5.93. The Kier molecular flexibility index (Phi) is 5.01. The maximum absolute atomic E-state index is 12.2. The first-order valence-corrected chi connectivity index (χ1v) is 7.74. The van der Waals surface area contributed by atoms with Crippen LogP contribution in [0, 0.1) is 6.92 Å². The Bertz CT molecular complexity index is 502. The lowest BCUT2D eigenvalue weighted by Gasteiger charge is -2.35. The van der Waals surface area contributed by atoms with Crippen LogP contribution < -0.4 is 5.32 Å². The number of hydrogen-bond donors (Lipinski definition) is 2. The van der Waals surface area contributed by atoms with Gasteiger partial charge >= 0.3 is 0 Å². The monoisotopic (exact) mass is 290 g/mol. The third kappa shape index (κ3) is 4.29. The second kappa shape index (κ2) is 6.58. The van der Waals surface area contributed by atoms with Crippen molar-refractivity contribution in [2.75, 3.05) is 25.0 Å². The van der Waals surface area contributed by atoms with Crippen molar-refractivity contribution in [3.8, 4) is 0 Å². The van der Waals surface area contributed by atoms with Crippen molar-refractivity contribution in [1.82, 2.24) is 4.90 Å². The molecule has 0 spiro atoms. The Labute approximate surface area is 127 Å². The summed E-state index contributed by atoms with van der Waals surface area (Å²) in [6, 6.07) is 6.10. The highest BCUT2D eigenvalue weighted by atomic mass is 16.3. The molecule has 0 bridgehead atoms. The minimum absolute atomic E-state index is 0.0283. The van der Waals surface area contributed by atoms with Crippen LogP contribution in [0.1, 0.15) is 37.8 Å². The number of carbonyl (C=O) groups is 1. The molecular formula is C17H26N2O2. The average Bonchev–Trinajstić information content (AvgIpc) is 2.43. The largest absolute Gasteiger partial charge is 0.390 e. The zero-order chi connectivity index (χ0) is 15.5. The van der Waals surface area contributed by atoms with Crippen LogP contribution in [0.2, 0.25) is 0 Å². The van der Waals surface area contributed by atoms with Crippen LogP contribution in [-0.2, 0) is 11.2 Å². The third-order valence-electron chi connectivity index (χ3n) is 4.30. The number of hydrogen-bond acceptors (Lipinski definition) is 3. The summed E-state index contributed by atoms with van der Waals surface area (Å²) in [5.41, 5.74) is 2.65. The standard InChI is InChI=1S/C17H26N2O2/c1-4-14-7-5-6-13(2)16(14)18-15(20)12-19-10-8-17(3,21)9-11-19/h5-7,21H,4,8-12H2,1-3H3,(H,18,20). The van der Waals surface area contributed by atoms with Crippen molar-refractivity contribution in [3.63, 3.8) is 0 Å². The van der Waals surface area contributed by atoms with E-state index in [1.54, 1.807) is 0 Å². The molecule has 4 heteroatoms. The first-order valence-electron chi connectivity index (χ1n) is 7.74. The molecule has 2 rings (SSSR count). The molecule has 1 aromatic carbocycles. The molecule has 1 saturated heterocycles. The molecule has 0 saturated carbocycles. The molecule has 1 aliphatic heterocycles. The maximum Gasteiger partial charge on any atom is 0.238 e. The van der Waals surface area contributed by atoms with Gasteiger partial charge in [0.05, 0.1) is 12.1 Å². The Morgan fingerprint density at radius 2 is 2.05 bits per heavy atom. The molecule has 0 unspecified atom stereocenters. The van der Waals surface area contributed by atoms with E-state index in [2.05, 4.69) is 23.2 Å². The Hall–Kier alpha value is -1.39. The summed E-state index contributed by atoms with van der Waals surface area (Å²) in [7, 11) is 0. The third-order valence-corrected chi connectivity index (χ3v) is 4.30. The van der Waals surface area contributed by atoms with Gasteiger partial charge in [-0.3, -0.25) is 9.69 Å². The Morgan fingerprint density at radius 1 is 1.38 bits per heavy atom. The van der Waals surface area contributed by atoms with E-state index >= 15 is 0 Å². The van der Waals surface area contributed by atoms with Crippen LogP contribution in [0.25, 0.3) is 0 Å². The summed E-state index contributed by atoms with van der Waals surface area (Å²) in [6.45, 7) is 7.92. The fraction of sp³-hybridized carbons (Fsp3) is 0.588. The van der Waals surface area contributed by atoms with Crippen molar-refractivity contribution in [1.29, 1.82) is 0 Å². The number of para-hydroxylation sites is 1. The molecular weight excluding hydrogens is 264 g/mol. The number of benzene rings is 1. The predicted octanol–water partition coefficient (Wildman–Crippen LogP) is 2.34. The second-order valence-electron chi connectivity index (χ2n) is 6.28. The van der Waals surface area contributed by atoms with Gasteiger partial charge in [-0.15, -0.1) is 0 Å². The maximum atomic E-state index is 12.2. The average molecular weight is 290 g/mol. The van der Waals surface area contributed by atoms with E-state index < -0.39 is 5.60 Å². The van der Waals surface area contributed by atoms with Crippen molar-refractivity contribution in [3.05, 3.63) is 29.3 Å². The lowest BCUT2D eigenvalue weighted by atomic mass is 9.94. The lowest BCUT2D eigenvalue weighted by Crippen LogP contribution is -2.45. The summed E-state index contributed by atoms with van der Waals surface area (Å²) in [4.78, 5) is 14.4. The summed E-state index contributed by atoms with van der Waals surface area (Å²) in [6.07, 6.45) is 2.36. The molecule has 1 fully saturated rings. The lowest BCUT2D eigenvalue weighted by molar-refractivity contribution is -0.118. The van der Waals surface area contributed by atoms with Gasteiger partial charge in [0.15, 0.2) is 0 Å². The van der Waals surface area contributed by atoms with Gasteiger partial charge in [0.25, 0.3) is 0 Å². The number of likely N-dealkylation sites (tertiary alicyclic amines) is 1. The molecule has 1 heterocycles. The van der Waals surface area contributed by atoms with Gasteiger partial charge in [0.1, 0.15) is 0 Å². The van der Waals surface area contributed by atoms with Gasteiger partial charge in [-0.1, -0.05) is 25.1 Å². The van der Waals surface area contributed by atoms with Gasteiger partial charge < -0.3 is 10.4 Å². The van der Waals surface area contributed by atoms with Gasteiger partial charge in [0, 0.05) is 18.8 Å². The summed E-state index contributed by atoms with van der Waals surface area (Å²) in [5, 5.41) is 13.0. The minimum Gasteiger partial charge on any atom is -0.390 e. The zero-order valence-corrected chi connectivity index (χ0v) is 13.3. The number of aryl methyl sites for hydroxylation is 2. The van der Waals surface area contributed by atoms with Gasteiger partial charge in [0.2, 0.25) is 5.91 Å². The zero-order valence-electron chi connectivity index (χ0n) is 13.3. The number of nitrogens with one attached hydrogen (secondary N) is 1. The van der Waals surface area contributed by atoms with E-state index in [-0.39, 0.29) is 5.91 Å². The van der Waals surface area contributed by atoms with E-state index in [4.69, 9.17) is 0 Å². The first-order chi connectivity index (χ1) is 9.91. The normalized spacial score (nSPS) is 18.5. The van der Waals surface area contributed by atoms with Crippen LogP contribution >= 0.6 is 0 Å². The van der Waals surface area contributed by atoms with E-state index in [1.807, 2.05) is 26.0 Å². The number of nitrogens with zero attached hydrogens (tertiary/aromatic N) is 1. The Morgan fingerprint density at radius 3 is 2.67 bits per heavy atom. The van der Waals surface area contributed by atoms with Gasteiger partial charge in [-0.2, -0.15) is 0 Å².